The molecule has 18 heavy (non-hydrogen) atoms. The fourth-order valence-corrected chi connectivity index (χ4v) is 2.53. The Bertz CT molecular complexity index is 493. The van der Waals surface area contributed by atoms with Crippen molar-refractivity contribution in [1.29, 1.82) is 0 Å². The van der Waals surface area contributed by atoms with Crippen molar-refractivity contribution in [1.82, 2.24) is 10.3 Å². The van der Waals surface area contributed by atoms with E-state index in [0.29, 0.717) is 0 Å². The molecule has 0 bridgehead atoms. The predicted octanol–water partition coefficient (Wildman–Crippen LogP) is 3.70. The van der Waals surface area contributed by atoms with Crippen LogP contribution in [0.1, 0.15) is 35.3 Å². The maximum atomic E-state index is 12.8. The number of hydrogen-bond donors (Lipinski definition) is 1. The van der Waals surface area contributed by atoms with Crippen molar-refractivity contribution in [3.63, 3.8) is 0 Å². The SMILES string of the molecule is CCc1ncc(CN[C@@H](C)c2ccc(F)cc2)s1. The zero-order valence-electron chi connectivity index (χ0n) is 10.6. The van der Waals surface area contributed by atoms with Crippen molar-refractivity contribution in [2.45, 2.75) is 32.9 Å². The first-order valence-corrected chi connectivity index (χ1v) is 6.93. The highest BCUT2D eigenvalue weighted by atomic mass is 32.1. The third-order valence-electron chi connectivity index (χ3n) is 2.86. The van der Waals surface area contributed by atoms with Gasteiger partial charge in [-0.2, -0.15) is 0 Å². The summed E-state index contributed by atoms with van der Waals surface area (Å²) in [7, 11) is 0. The molecule has 0 saturated heterocycles. The number of hydrogen-bond acceptors (Lipinski definition) is 3. The van der Waals surface area contributed by atoms with E-state index in [1.54, 1.807) is 11.3 Å². The summed E-state index contributed by atoms with van der Waals surface area (Å²) in [6.45, 7) is 4.99. The summed E-state index contributed by atoms with van der Waals surface area (Å²) in [5.41, 5.74) is 1.09. The van der Waals surface area contributed by atoms with Gasteiger partial charge in [-0.15, -0.1) is 11.3 Å². The number of benzene rings is 1. The number of aromatic nitrogens is 1. The standard InChI is InChI=1S/C14H17FN2S/c1-3-14-17-9-13(18-14)8-16-10(2)11-4-6-12(15)7-5-11/h4-7,9-10,16H,3,8H2,1-2H3/t10-/m0/s1. The van der Waals surface area contributed by atoms with Gasteiger partial charge in [-0.05, 0) is 31.0 Å². The third kappa shape index (κ3) is 3.37. The van der Waals surface area contributed by atoms with Gasteiger partial charge in [0.25, 0.3) is 0 Å². The molecule has 4 heteroatoms. The van der Waals surface area contributed by atoms with Crippen LogP contribution >= 0.6 is 11.3 Å². The summed E-state index contributed by atoms with van der Waals surface area (Å²) in [6, 6.07) is 6.83. The fourth-order valence-electron chi connectivity index (χ4n) is 1.72. The summed E-state index contributed by atoms with van der Waals surface area (Å²) >= 11 is 1.74. The van der Waals surface area contributed by atoms with E-state index in [2.05, 4.69) is 24.1 Å². The van der Waals surface area contributed by atoms with Crippen molar-refractivity contribution in [2.75, 3.05) is 0 Å². The van der Waals surface area contributed by atoms with E-state index >= 15 is 0 Å². The van der Waals surface area contributed by atoms with Crippen molar-refractivity contribution >= 4 is 11.3 Å². The van der Waals surface area contributed by atoms with Crippen molar-refractivity contribution in [3.8, 4) is 0 Å². The summed E-state index contributed by atoms with van der Waals surface area (Å²) in [5, 5.41) is 4.59. The van der Waals surface area contributed by atoms with Gasteiger partial charge >= 0.3 is 0 Å². The highest BCUT2D eigenvalue weighted by Gasteiger charge is 2.06. The molecule has 1 N–H and O–H groups in total. The molecule has 0 aliphatic heterocycles. The average Bonchev–Trinajstić information content (AvgIpc) is 2.85. The van der Waals surface area contributed by atoms with E-state index in [1.165, 1.54) is 22.0 Å². The number of nitrogens with one attached hydrogen (secondary N) is 1. The molecule has 2 nitrogen and oxygen atoms in total. The molecule has 0 unspecified atom stereocenters. The molecule has 96 valence electrons. The molecule has 0 amide bonds. The van der Waals surface area contributed by atoms with Crippen LogP contribution in [0.15, 0.2) is 30.5 Å². The van der Waals surface area contributed by atoms with Crippen LogP contribution in [0.2, 0.25) is 0 Å². The first kappa shape index (κ1) is 13.2. The van der Waals surface area contributed by atoms with E-state index in [4.69, 9.17) is 0 Å². The Hall–Kier alpha value is -1.26. The van der Waals surface area contributed by atoms with Gasteiger partial charge in [0.1, 0.15) is 5.82 Å². The highest BCUT2D eigenvalue weighted by molar-refractivity contribution is 7.11. The third-order valence-corrected chi connectivity index (χ3v) is 4.00. The number of thiazole rings is 1. The minimum absolute atomic E-state index is 0.194. The maximum Gasteiger partial charge on any atom is 0.123 e. The molecule has 0 saturated carbocycles. The molecule has 0 spiro atoms. The zero-order valence-corrected chi connectivity index (χ0v) is 11.4. The first-order valence-electron chi connectivity index (χ1n) is 6.11. The van der Waals surface area contributed by atoms with Gasteiger partial charge in [0, 0.05) is 23.7 Å². The maximum absolute atomic E-state index is 12.8. The average molecular weight is 264 g/mol. The monoisotopic (exact) mass is 264 g/mol. The molecular formula is C14H17FN2S. The molecule has 2 rings (SSSR count). The lowest BCUT2D eigenvalue weighted by Crippen LogP contribution is -2.17. The topological polar surface area (TPSA) is 24.9 Å². The molecule has 2 aromatic rings. The van der Waals surface area contributed by atoms with Crippen LogP contribution in [0, 0.1) is 5.82 Å². The van der Waals surface area contributed by atoms with Gasteiger partial charge in [0.2, 0.25) is 0 Å². The van der Waals surface area contributed by atoms with Crippen LogP contribution in [0.5, 0.6) is 0 Å². The van der Waals surface area contributed by atoms with Gasteiger partial charge in [-0.25, -0.2) is 9.37 Å². The highest BCUT2D eigenvalue weighted by Crippen LogP contribution is 2.16. The van der Waals surface area contributed by atoms with Crippen LogP contribution in [-0.2, 0) is 13.0 Å². The molecule has 0 radical (unpaired) electrons. The number of nitrogens with zero attached hydrogens (tertiary/aromatic N) is 1. The van der Waals surface area contributed by atoms with E-state index in [0.717, 1.165) is 18.5 Å². The van der Waals surface area contributed by atoms with Crippen molar-refractivity contribution in [3.05, 3.63) is 51.7 Å². The molecule has 1 heterocycles. The Morgan fingerprint density at radius 3 is 2.67 bits per heavy atom. The number of rotatable bonds is 5. The Balaban J connectivity index is 1.91. The van der Waals surface area contributed by atoms with E-state index < -0.39 is 0 Å². The van der Waals surface area contributed by atoms with Crippen molar-refractivity contribution < 1.29 is 4.39 Å². The summed E-state index contributed by atoms with van der Waals surface area (Å²) in [6.07, 6.45) is 2.91. The van der Waals surface area contributed by atoms with Gasteiger partial charge in [-0.3, -0.25) is 0 Å². The predicted molar refractivity (Wildman–Crippen MR) is 73.1 cm³/mol. The van der Waals surface area contributed by atoms with Crippen LogP contribution in [0.4, 0.5) is 4.39 Å². The Morgan fingerprint density at radius 1 is 1.33 bits per heavy atom. The van der Waals surface area contributed by atoms with E-state index in [9.17, 15) is 4.39 Å². The first-order chi connectivity index (χ1) is 8.69. The lowest BCUT2D eigenvalue weighted by molar-refractivity contribution is 0.574. The van der Waals surface area contributed by atoms with Gasteiger partial charge in [0.05, 0.1) is 5.01 Å². The second-order valence-corrected chi connectivity index (χ2v) is 5.43. The van der Waals surface area contributed by atoms with E-state index in [1.807, 2.05) is 18.3 Å². The molecule has 1 aromatic heterocycles. The summed E-state index contributed by atoms with van der Waals surface area (Å²) in [4.78, 5) is 5.56. The fraction of sp³-hybridized carbons (Fsp3) is 0.357. The lowest BCUT2D eigenvalue weighted by atomic mass is 10.1. The second kappa shape index (κ2) is 6.07. The second-order valence-electron chi connectivity index (χ2n) is 4.23. The number of aryl methyl sites for hydroxylation is 1. The molecule has 0 aliphatic rings. The summed E-state index contributed by atoms with van der Waals surface area (Å²) < 4.78 is 12.8. The van der Waals surface area contributed by atoms with E-state index in [-0.39, 0.29) is 11.9 Å². The minimum Gasteiger partial charge on any atom is -0.305 e. The van der Waals surface area contributed by atoms with Crippen LogP contribution in [0.3, 0.4) is 0 Å². The normalized spacial score (nSPS) is 12.6. The van der Waals surface area contributed by atoms with Gasteiger partial charge in [-0.1, -0.05) is 19.1 Å². The number of halogens is 1. The molecule has 1 atom stereocenters. The molecule has 0 aliphatic carbocycles. The van der Waals surface area contributed by atoms with Crippen LogP contribution in [-0.4, -0.2) is 4.98 Å². The zero-order chi connectivity index (χ0) is 13.0. The van der Waals surface area contributed by atoms with Crippen LogP contribution < -0.4 is 5.32 Å². The Morgan fingerprint density at radius 2 is 2.06 bits per heavy atom. The minimum atomic E-state index is -0.194. The lowest BCUT2D eigenvalue weighted by Gasteiger charge is -2.13. The smallest absolute Gasteiger partial charge is 0.123 e. The van der Waals surface area contributed by atoms with Crippen molar-refractivity contribution in [2.24, 2.45) is 0 Å². The van der Waals surface area contributed by atoms with Crippen LogP contribution in [0.25, 0.3) is 0 Å². The van der Waals surface area contributed by atoms with Gasteiger partial charge in [0.15, 0.2) is 0 Å². The Kier molecular flexibility index (Phi) is 4.44. The molecule has 1 aromatic carbocycles. The Labute approximate surface area is 111 Å². The molecular weight excluding hydrogens is 247 g/mol. The molecule has 0 fully saturated rings. The largest absolute Gasteiger partial charge is 0.305 e. The van der Waals surface area contributed by atoms with Gasteiger partial charge < -0.3 is 5.32 Å². The summed E-state index contributed by atoms with van der Waals surface area (Å²) in [5.74, 6) is -0.194. The quantitative estimate of drug-likeness (QED) is 0.890.